The minimum absolute atomic E-state index is 0.0776. The van der Waals surface area contributed by atoms with Gasteiger partial charge in [-0.3, -0.25) is 4.79 Å². The molecule has 2 N–H and O–H groups in total. The van der Waals surface area contributed by atoms with Crippen molar-refractivity contribution in [2.75, 3.05) is 23.8 Å². The van der Waals surface area contributed by atoms with Crippen LogP contribution in [0.2, 0.25) is 0 Å². The van der Waals surface area contributed by atoms with Crippen molar-refractivity contribution in [2.24, 2.45) is 0 Å². The van der Waals surface area contributed by atoms with Gasteiger partial charge < -0.3 is 20.1 Å². The molecule has 2 aromatic carbocycles. The van der Waals surface area contributed by atoms with Gasteiger partial charge in [0, 0.05) is 18.7 Å². The minimum Gasteiger partial charge on any atom is -0.489 e. The summed E-state index contributed by atoms with van der Waals surface area (Å²) in [7, 11) is 0. The van der Waals surface area contributed by atoms with E-state index in [1.54, 1.807) is 31.2 Å². The van der Waals surface area contributed by atoms with Crippen LogP contribution in [0.4, 0.5) is 11.4 Å². The molecule has 144 valence electrons. The zero-order valence-electron chi connectivity index (χ0n) is 16.0. The van der Waals surface area contributed by atoms with Crippen LogP contribution in [-0.2, 0) is 9.53 Å². The first-order valence-electron chi connectivity index (χ1n) is 9.06. The molecule has 6 nitrogen and oxygen atoms in total. The maximum atomic E-state index is 12.1. The van der Waals surface area contributed by atoms with Crippen LogP contribution in [0, 0.1) is 0 Å². The summed E-state index contributed by atoms with van der Waals surface area (Å²) in [6.45, 7) is 6.50. The van der Waals surface area contributed by atoms with E-state index < -0.39 is 0 Å². The van der Waals surface area contributed by atoms with Gasteiger partial charge in [-0.2, -0.15) is 0 Å². The summed E-state index contributed by atoms with van der Waals surface area (Å²) in [4.78, 5) is 23.7. The number of carbonyl (C=O) groups is 2. The standard InChI is InChI=1S/C21H26N2O4/c1-4-26-21(25)16-9-11-17(12-10-16)23-20(24)13-14-22-18-7-5-6-8-19(18)27-15(2)3/h5-12,15,22H,4,13-14H2,1-3H3,(H,23,24). The third-order valence-corrected chi connectivity index (χ3v) is 3.60. The maximum absolute atomic E-state index is 12.1. The molecule has 0 spiro atoms. The van der Waals surface area contributed by atoms with E-state index >= 15 is 0 Å². The molecule has 0 aliphatic carbocycles. The van der Waals surface area contributed by atoms with E-state index in [-0.39, 0.29) is 18.0 Å². The largest absolute Gasteiger partial charge is 0.489 e. The Bertz CT molecular complexity index is 757. The van der Waals surface area contributed by atoms with Crippen LogP contribution >= 0.6 is 0 Å². The molecule has 0 aliphatic heterocycles. The first-order valence-corrected chi connectivity index (χ1v) is 9.06. The highest BCUT2D eigenvalue weighted by molar-refractivity contribution is 5.93. The highest BCUT2D eigenvalue weighted by Gasteiger charge is 2.08. The van der Waals surface area contributed by atoms with E-state index in [1.165, 1.54) is 0 Å². The number of hydrogen-bond acceptors (Lipinski definition) is 5. The van der Waals surface area contributed by atoms with Crippen LogP contribution in [0.3, 0.4) is 0 Å². The lowest BCUT2D eigenvalue weighted by Crippen LogP contribution is -2.17. The Balaban J connectivity index is 1.82. The molecule has 0 fully saturated rings. The van der Waals surface area contributed by atoms with Crippen LogP contribution < -0.4 is 15.4 Å². The van der Waals surface area contributed by atoms with Gasteiger partial charge in [0.2, 0.25) is 5.91 Å². The third-order valence-electron chi connectivity index (χ3n) is 3.60. The molecule has 1 amide bonds. The summed E-state index contributed by atoms with van der Waals surface area (Å²) < 4.78 is 10.7. The van der Waals surface area contributed by atoms with Crippen molar-refractivity contribution in [1.82, 2.24) is 0 Å². The Kier molecular flexibility index (Phi) is 7.67. The van der Waals surface area contributed by atoms with Gasteiger partial charge in [-0.05, 0) is 57.2 Å². The molecule has 2 aromatic rings. The van der Waals surface area contributed by atoms with Crippen molar-refractivity contribution < 1.29 is 19.1 Å². The Morgan fingerprint density at radius 2 is 1.74 bits per heavy atom. The van der Waals surface area contributed by atoms with Crippen molar-refractivity contribution in [1.29, 1.82) is 0 Å². The smallest absolute Gasteiger partial charge is 0.338 e. The number of nitrogens with one attached hydrogen (secondary N) is 2. The minimum atomic E-state index is -0.373. The number of anilines is 2. The molecule has 0 saturated carbocycles. The van der Waals surface area contributed by atoms with Crippen molar-refractivity contribution in [3.63, 3.8) is 0 Å². The maximum Gasteiger partial charge on any atom is 0.338 e. The fraction of sp³-hybridized carbons (Fsp3) is 0.333. The van der Waals surface area contributed by atoms with Crippen LogP contribution in [0.15, 0.2) is 48.5 Å². The number of ether oxygens (including phenoxy) is 2. The number of hydrogen-bond donors (Lipinski definition) is 2. The summed E-state index contributed by atoms with van der Waals surface area (Å²) in [5.74, 6) is 0.276. The summed E-state index contributed by atoms with van der Waals surface area (Å²) in [6.07, 6.45) is 0.379. The monoisotopic (exact) mass is 370 g/mol. The van der Waals surface area contributed by atoms with Crippen molar-refractivity contribution in [3.8, 4) is 5.75 Å². The van der Waals surface area contributed by atoms with E-state index in [4.69, 9.17) is 9.47 Å². The van der Waals surface area contributed by atoms with Gasteiger partial charge in [-0.25, -0.2) is 4.79 Å². The Hall–Kier alpha value is -3.02. The number of benzene rings is 2. The van der Waals surface area contributed by atoms with Crippen molar-refractivity contribution >= 4 is 23.3 Å². The van der Waals surface area contributed by atoms with E-state index in [2.05, 4.69) is 10.6 Å². The topological polar surface area (TPSA) is 76.7 Å². The summed E-state index contributed by atoms with van der Waals surface area (Å²) in [5.41, 5.74) is 1.95. The van der Waals surface area contributed by atoms with E-state index in [1.807, 2.05) is 38.1 Å². The van der Waals surface area contributed by atoms with E-state index in [0.717, 1.165) is 11.4 Å². The van der Waals surface area contributed by atoms with Gasteiger partial charge in [0.15, 0.2) is 0 Å². The lowest BCUT2D eigenvalue weighted by atomic mass is 10.2. The number of para-hydroxylation sites is 2. The molecule has 6 heteroatoms. The number of carbonyl (C=O) groups excluding carboxylic acids is 2. The second-order valence-corrected chi connectivity index (χ2v) is 6.19. The number of esters is 1. The average Bonchev–Trinajstić information content (AvgIpc) is 2.63. The van der Waals surface area contributed by atoms with Gasteiger partial charge in [0.05, 0.1) is 24.0 Å². The second-order valence-electron chi connectivity index (χ2n) is 6.19. The quantitative estimate of drug-likeness (QED) is 0.650. The molecule has 27 heavy (non-hydrogen) atoms. The van der Waals surface area contributed by atoms with Gasteiger partial charge in [-0.1, -0.05) is 12.1 Å². The fourth-order valence-corrected chi connectivity index (χ4v) is 2.41. The fourth-order valence-electron chi connectivity index (χ4n) is 2.41. The zero-order chi connectivity index (χ0) is 19.6. The highest BCUT2D eigenvalue weighted by atomic mass is 16.5. The lowest BCUT2D eigenvalue weighted by molar-refractivity contribution is -0.115. The van der Waals surface area contributed by atoms with Crippen LogP contribution in [0.1, 0.15) is 37.6 Å². The van der Waals surface area contributed by atoms with Crippen molar-refractivity contribution in [3.05, 3.63) is 54.1 Å². The Labute approximate surface area is 159 Å². The normalized spacial score (nSPS) is 10.4. The molecule has 0 radical (unpaired) electrons. The molecular formula is C21H26N2O4. The third kappa shape index (κ3) is 6.66. The number of rotatable bonds is 9. The zero-order valence-corrected chi connectivity index (χ0v) is 16.0. The molecule has 0 saturated heterocycles. The molecular weight excluding hydrogens is 344 g/mol. The molecule has 0 bridgehead atoms. The molecule has 0 aliphatic rings. The lowest BCUT2D eigenvalue weighted by Gasteiger charge is -2.15. The van der Waals surface area contributed by atoms with Crippen LogP contribution in [0.5, 0.6) is 5.75 Å². The average molecular weight is 370 g/mol. The van der Waals surface area contributed by atoms with Crippen molar-refractivity contribution in [2.45, 2.75) is 33.3 Å². The summed E-state index contributed by atoms with van der Waals surface area (Å²) in [6, 6.07) is 14.3. The van der Waals surface area contributed by atoms with Crippen LogP contribution in [-0.4, -0.2) is 31.1 Å². The Morgan fingerprint density at radius 1 is 1.04 bits per heavy atom. The SMILES string of the molecule is CCOC(=O)c1ccc(NC(=O)CCNc2ccccc2OC(C)C)cc1. The summed E-state index contributed by atoms with van der Waals surface area (Å²) >= 11 is 0. The van der Waals surface area contributed by atoms with Gasteiger partial charge in [0.25, 0.3) is 0 Å². The first kappa shape index (κ1) is 20.3. The highest BCUT2D eigenvalue weighted by Crippen LogP contribution is 2.24. The van der Waals surface area contributed by atoms with Gasteiger partial charge >= 0.3 is 5.97 Å². The Morgan fingerprint density at radius 3 is 2.41 bits per heavy atom. The van der Waals surface area contributed by atoms with Gasteiger partial charge in [-0.15, -0.1) is 0 Å². The molecule has 2 rings (SSSR count). The van der Waals surface area contributed by atoms with E-state index in [9.17, 15) is 9.59 Å². The molecule has 0 unspecified atom stereocenters. The predicted octanol–water partition coefficient (Wildman–Crippen LogP) is 4.09. The molecule has 0 aromatic heterocycles. The van der Waals surface area contributed by atoms with Gasteiger partial charge in [0.1, 0.15) is 5.75 Å². The second kappa shape index (κ2) is 10.2. The number of amides is 1. The van der Waals surface area contributed by atoms with Crippen LogP contribution in [0.25, 0.3) is 0 Å². The summed E-state index contributed by atoms with van der Waals surface area (Å²) in [5, 5.41) is 6.04. The van der Waals surface area contributed by atoms with E-state index in [0.29, 0.717) is 30.8 Å². The molecule has 0 heterocycles. The first-order chi connectivity index (χ1) is 13.0. The predicted molar refractivity (Wildman–Crippen MR) is 106 cm³/mol. The molecule has 0 atom stereocenters.